The van der Waals surface area contributed by atoms with Crippen LogP contribution in [0.25, 0.3) is 0 Å². The van der Waals surface area contributed by atoms with E-state index in [1.165, 1.54) is 12.1 Å². The van der Waals surface area contributed by atoms with Gasteiger partial charge in [-0.3, -0.25) is 0 Å². The third-order valence-corrected chi connectivity index (χ3v) is 4.54. The topological polar surface area (TPSA) is 66.5 Å². The molecule has 2 aliphatic carbocycles. The molecule has 1 aromatic heterocycles. The van der Waals surface area contributed by atoms with Crippen molar-refractivity contribution in [2.24, 2.45) is 0 Å². The Balaban J connectivity index is 1.55. The summed E-state index contributed by atoms with van der Waals surface area (Å²) in [7, 11) is 0. The lowest BCUT2D eigenvalue weighted by molar-refractivity contribution is -0.137. The minimum absolute atomic E-state index is 0.305. The number of benzene rings is 1. The predicted molar refractivity (Wildman–Crippen MR) is 83.8 cm³/mol. The lowest BCUT2D eigenvalue weighted by Crippen LogP contribution is -2.12. The Morgan fingerprint density at radius 1 is 1.20 bits per heavy atom. The minimum atomic E-state index is -4.56. The number of anilines is 1. The summed E-state index contributed by atoms with van der Waals surface area (Å²) in [6.45, 7) is 0.305. The number of hydrogen-bond acceptors (Lipinski definition) is 4. The van der Waals surface area contributed by atoms with Crippen LogP contribution in [0, 0.1) is 11.3 Å². The normalized spacial score (nSPS) is 17.4. The van der Waals surface area contributed by atoms with Crippen molar-refractivity contribution < 1.29 is 13.2 Å². The van der Waals surface area contributed by atoms with E-state index in [9.17, 15) is 13.2 Å². The third kappa shape index (κ3) is 3.18. The molecule has 0 bridgehead atoms. The summed E-state index contributed by atoms with van der Waals surface area (Å²) < 4.78 is 41.3. The van der Waals surface area contributed by atoms with E-state index in [2.05, 4.69) is 20.1 Å². The lowest BCUT2D eigenvalue weighted by Gasteiger charge is -2.13. The first-order valence-electron chi connectivity index (χ1n) is 8.26. The molecule has 0 unspecified atom stereocenters. The number of nitrogens with zero attached hydrogens (tertiary/aromatic N) is 4. The zero-order valence-corrected chi connectivity index (χ0v) is 13.3. The van der Waals surface area contributed by atoms with Crippen molar-refractivity contribution in [2.45, 2.75) is 50.4 Å². The molecular weight excluding hydrogens is 331 g/mol. The second kappa shape index (κ2) is 5.76. The fraction of sp³-hybridized carbons (Fsp3) is 0.471. The highest BCUT2D eigenvalue weighted by Gasteiger charge is 2.36. The van der Waals surface area contributed by atoms with Gasteiger partial charge in [0, 0.05) is 17.6 Å². The van der Waals surface area contributed by atoms with Gasteiger partial charge in [-0.15, -0.1) is 10.2 Å². The molecule has 0 aliphatic heterocycles. The zero-order valence-electron chi connectivity index (χ0n) is 13.3. The van der Waals surface area contributed by atoms with Crippen LogP contribution >= 0.6 is 0 Å². The molecular formula is C17H16F3N5. The second-order valence-electron chi connectivity index (χ2n) is 6.57. The van der Waals surface area contributed by atoms with E-state index < -0.39 is 11.7 Å². The molecule has 2 aliphatic rings. The Hall–Kier alpha value is -2.56. The summed E-state index contributed by atoms with van der Waals surface area (Å²) in [5.41, 5.74) is -0.998. The van der Waals surface area contributed by atoms with Crippen LogP contribution in [0.3, 0.4) is 0 Å². The molecule has 8 heteroatoms. The van der Waals surface area contributed by atoms with Crippen LogP contribution < -0.4 is 5.32 Å². The van der Waals surface area contributed by atoms with Crippen molar-refractivity contribution in [2.75, 3.05) is 5.32 Å². The molecule has 0 radical (unpaired) electrons. The van der Waals surface area contributed by atoms with E-state index in [0.29, 0.717) is 24.2 Å². The summed E-state index contributed by atoms with van der Waals surface area (Å²) in [5.74, 6) is 2.24. The van der Waals surface area contributed by atoms with Crippen molar-refractivity contribution in [3.63, 3.8) is 0 Å². The third-order valence-electron chi connectivity index (χ3n) is 4.54. The van der Waals surface area contributed by atoms with Crippen LogP contribution in [0.1, 0.15) is 60.4 Å². The maximum atomic E-state index is 13.1. The standard InChI is InChI=1S/C17H16F3N5/c18-17(19,20)14-7-12(4-3-11(14)8-21)22-9-15-23-24-16(10-1-2-10)25(15)13-5-6-13/h3-4,7,10,13,22H,1-2,5-6,9H2. The highest BCUT2D eigenvalue weighted by Crippen LogP contribution is 2.44. The number of rotatable bonds is 5. The average Bonchev–Trinajstić information content (AvgIpc) is 3.50. The summed E-state index contributed by atoms with van der Waals surface area (Å²) >= 11 is 0. The van der Waals surface area contributed by atoms with Gasteiger partial charge in [-0.2, -0.15) is 18.4 Å². The van der Waals surface area contributed by atoms with Gasteiger partial charge in [-0.1, -0.05) is 0 Å². The molecule has 25 heavy (non-hydrogen) atoms. The number of aromatic nitrogens is 3. The van der Waals surface area contributed by atoms with Crippen LogP contribution in [0.5, 0.6) is 0 Å². The van der Waals surface area contributed by atoms with Crippen LogP contribution in [0.15, 0.2) is 18.2 Å². The van der Waals surface area contributed by atoms with Gasteiger partial charge in [0.05, 0.1) is 23.7 Å². The Morgan fingerprint density at radius 2 is 1.96 bits per heavy atom. The summed E-state index contributed by atoms with van der Waals surface area (Å²) in [5, 5.41) is 20.4. The lowest BCUT2D eigenvalue weighted by atomic mass is 10.1. The Bertz CT molecular complexity index is 841. The van der Waals surface area contributed by atoms with Crippen LogP contribution in [0.4, 0.5) is 18.9 Å². The quantitative estimate of drug-likeness (QED) is 0.888. The molecule has 1 aromatic carbocycles. The Kier molecular flexibility index (Phi) is 3.67. The first-order chi connectivity index (χ1) is 12.0. The van der Waals surface area contributed by atoms with Gasteiger partial charge in [0.2, 0.25) is 0 Å². The van der Waals surface area contributed by atoms with E-state index in [1.807, 2.05) is 0 Å². The molecule has 1 N–H and O–H groups in total. The predicted octanol–water partition coefficient (Wildman–Crippen LogP) is 3.99. The highest BCUT2D eigenvalue weighted by molar-refractivity contribution is 5.53. The highest BCUT2D eigenvalue weighted by atomic mass is 19.4. The SMILES string of the molecule is N#Cc1ccc(NCc2nnc(C3CC3)n2C2CC2)cc1C(F)(F)F. The van der Waals surface area contributed by atoms with Gasteiger partial charge in [0.25, 0.3) is 0 Å². The Morgan fingerprint density at radius 3 is 2.56 bits per heavy atom. The molecule has 4 rings (SSSR count). The monoisotopic (exact) mass is 347 g/mol. The molecule has 0 spiro atoms. The van der Waals surface area contributed by atoms with Gasteiger partial charge in [-0.05, 0) is 43.9 Å². The van der Waals surface area contributed by atoms with Crippen LogP contribution in [0.2, 0.25) is 0 Å². The molecule has 0 atom stereocenters. The maximum Gasteiger partial charge on any atom is 0.417 e. The second-order valence-corrected chi connectivity index (χ2v) is 6.57. The van der Waals surface area contributed by atoms with E-state index >= 15 is 0 Å². The van der Waals surface area contributed by atoms with Gasteiger partial charge < -0.3 is 9.88 Å². The van der Waals surface area contributed by atoms with Crippen molar-refractivity contribution in [1.82, 2.24) is 14.8 Å². The van der Waals surface area contributed by atoms with Crippen LogP contribution in [-0.4, -0.2) is 14.8 Å². The Labute approximate surface area is 142 Å². The molecule has 0 amide bonds. The summed E-state index contributed by atoms with van der Waals surface area (Å²) in [6, 6.07) is 5.65. The smallest absolute Gasteiger partial charge is 0.378 e. The van der Waals surface area contributed by atoms with Gasteiger partial charge >= 0.3 is 6.18 Å². The molecule has 2 saturated carbocycles. The van der Waals surface area contributed by atoms with E-state index in [-0.39, 0.29) is 5.56 Å². The van der Waals surface area contributed by atoms with Crippen LogP contribution in [-0.2, 0) is 12.7 Å². The molecule has 0 saturated heterocycles. The van der Waals surface area contributed by atoms with Gasteiger partial charge in [0.1, 0.15) is 5.82 Å². The fourth-order valence-corrected chi connectivity index (χ4v) is 2.98. The first kappa shape index (κ1) is 15.9. The first-order valence-corrected chi connectivity index (χ1v) is 8.26. The molecule has 5 nitrogen and oxygen atoms in total. The van der Waals surface area contributed by atoms with E-state index in [0.717, 1.165) is 43.4 Å². The number of nitrogens with one attached hydrogen (secondary N) is 1. The van der Waals surface area contributed by atoms with Crippen molar-refractivity contribution in [1.29, 1.82) is 5.26 Å². The minimum Gasteiger partial charge on any atom is -0.378 e. The molecule has 2 fully saturated rings. The number of halogens is 3. The average molecular weight is 347 g/mol. The number of nitriles is 1. The number of hydrogen-bond donors (Lipinski definition) is 1. The van der Waals surface area contributed by atoms with Crippen molar-refractivity contribution >= 4 is 5.69 Å². The molecule has 2 aromatic rings. The fourth-order valence-electron chi connectivity index (χ4n) is 2.98. The number of alkyl halides is 3. The summed E-state index contributed by atoms with van der Waals surface area (Å²) in [4.78, 5) is 0. The summed E-state index contributed by atoms with van der Waals surface area (Å²) in [6.07, 6.45) is -0.110. The maximum absolute atomic E-state index is 13.1. The largest absolute Gasteiger partial charge is 0.417 e. The van der Waals surface area contributed by atoms with E-state index in [4.69, 9.17) is 5.26 Å². The molecule has 1 heterocycles. The van der Waals surface area contributed by atoms with Crippen molar-refractivity contribution in [3.05, 3.63) is 41.0 Å². The zero-order chi connectivity index (χ0) is 17.6. The van der Waals surface area contributed by atoms with Crippen molar-refractivity contribution in [3.8, 4) is 6.07 Å². The van der Waals surface area contributed by atoms with Gasteiger partial charge in [0.15, 0.2) is 5.82 Å². The van der Waals surface area contributed by atoms with E-state index in [1.54, 1.807) is 6.07 Å². The molecule has 130 valence electrons. The van der Waals surface area contributed by atoms with Gasteiger partial charge in [-0.25, -0.2) is 0 Å².